The maximum Gasteiger partial charge on any atom is 0.257 e. The molecule has 2 aliphatic heterocycles. The van der Waals surface area contributed by atoms with E-state index in [2.05, 4.69) is 10.3 Å². The van der Waals surface area contributed by atoms with E-state index in [1.165, 1.54) is 12.1 Å². The summed E-state index contributed by atoms with van der Waals surface area (Å²) in [4.78, 5) is 14.6. The second-order valence-corrected chi connectivity index (χ2v) is 7.41. The van der Waals surface area contributed by atoms with Gasteiger partial charge >= 0.3 is 0 Å². The van der Waals surface area contributed by atoms with Crippen molar-refractivity contribution in [3.63, 3.8) is 0 Å². The first-order chi connectivity index (χ1) is 13.9. The number of amides is 1. The molecule has 3 aromatic rings. The molecule has 0 spiro atoms. The first kappa shape index (κ1) is 18.0. The number of benzene rings is 1. The fourth-order valence-electron chi connectivity index (χ4n) is 4.13. The van der Waals surface area contributed by atoms with E-state index in [1.54, 1.807) is 29.5 Å². The molecular weight excluding hydrogens is 382 g/mol. The Balaban J connectivity index is 1.44. The second-order valence-electron chi connectivity index (χ2n) is 7.41. The molecule has 2 unspecified atom stereocenters. The van der Waals surface area contributed by atoms with E-state index < -0.39 is 11.6 Å². The number of hydrogen-bond donors (Lipinski definition) is 0. The number of likely N-dealkylation sites (tertiary alicyclic amines) is 1. The molecule has 5 rings (SSSR count). The standard InChI is InChI=1S/C20H18F2N4O3/c1-10-5-14(11(2)29-10)20(27)25-7-16-18(8-25)28-9-17-19(23-24-26(16)17)13-4-3-12(21)6-15(13)22/h3-6,16,18H,7-9H2,1-2H3. The van der Waals surface area contributed by atoms with Crippen molar-refractivity contribution in [3.8, 4) is 11.3 Å². The van der Waals surface area contributed by atoms with Crippen LogP contribution in [-0.2, 0) is 11.3 Å². The van der Waals surface area contributed by atoms with E-state index in [0.717, 1.165) is 6.07 Å². The maximum atomic E-state index is 14.2. The predicted molar refractivity (Wildman–Crippen MR) is 97.1 cm³/mol. The van der Waals surface area contributed by atoms with Gasteiger partial charge in [-0.3, -0.25) is 4.79 Å². The van der Waals surface area contributed by atoms with Gasteiger partial charge in [-0.2, -0.15) is 0 Å². The van der Waals surface area contributed by atoms with Crippen LogP contribution in [0.4, 0.5) is 8.78 Å². The zero-order valence-electron chi connectivity index (χ0n) is 15.9. The van der Waals surface area contributed by atoms with Crippen molar-refractivity contribution in [1.82, 2.24) is 19.9 Å². The number of aromatic nitrogens is 3. The van der Waals surface area contributed by atoms with Gasteiger partial charge in [-0.1, -0.05) is 5.21 Å². The Morgan fingerprint density at radius 2 is 2.03 bits per heavy atom. The van der Waals surface area contributed by atoms with Gasteiger partial charge in [0, 0.05) is 24.7 Å². The number of rotatable bonds is 2. The van der Waals surface area contributed by atoms with Crippen molar-refractivity contribution in [1.29, 1.82) is 0 Å². The minimum absolute atomic E-state index is 0.121. The fourth-order valence-corrected chi connectivity index (χ4v) is 4.13. The van der Waals surface area contributed by atoms with E-state index in [-0.39, 0.29) is 30.2 Å². The summed E-state index contributed by atoms with van der Waals surface area (Å²) in [5, 5.41) is 8.31. The molecule has 4 heterocycles. The summed E-state index contributed by atoms with van der Waals surface area (Å²) in [7, 11) is 0. The maximum absolute atomic E-state index is 14.2. The van der Waals surface area contributed by atoms with Crippen LogP contribution < -0.4 is 0 Å². The quantitative estimate of drug-likeness (QED) is 0.661. The molecule has 1 aromatic carbocycles. The number of aryl methyl sites for hydroxylation is 2. The number of ether oxygens (including phenoxy) is 1. The number of furan rings is 1. The van der Waals surface area contributed by atoms with Crippen LogP contribution in [0.5, 0.6) is 0 Å². The highest BCUT2D eigenvalue weighted by molar-refractivity contribution is 5.95. The summed E-state index contributed by atoms with van der Waals surface area (Å²) >= 11 is 0. The monoisotopic (exact) mass is 400 g/mol. The zero-order valence-corrected chi connectivity index (χ0v) is 15.9. The minimum Gasteiger partial charge on any atom is -0.466 e. The fraction of sp³-hybridized carbons (Fsp3) is 0.350. The lowest BCUT2D eigenvalue weighted by Crippen LogP contribution is -2.32. The average molecular weight is 400 g/mol. The third kappa shape index (κ3) is 2.84. The topological polar surface area (TPSA) is 73.4 Å². The molecular formula is C20H18F2N4O3. The van der Waals surface area contributed by atoms with Crippen molar-refractivity contribution in [2.75, 3.05) is 13.1 Å². The van der Waals surface area contributed by atoms with Crippen molar-refractivity contribution in [2.24, 2.45) is 0 Å². The molecule has 29 heavy (non-hydrogen) atoms. The Morgan fingerprint density at radius 1 is 1.21 bits per heavy atom. The number of fused-ring (bicyclic) bond motifs is 3. The Bertz CT molecular complexity index is 1120. The van der Waals surface area contributed by atoms with Crippen LogP contribution in [-0.4, -0.2) is 45.0 Å². The number of hydrogen-bond acceptors (Lipinski definition) is 5. The Kier molecular flexibility index (Phi) is 4.02. The summed E-state index contributed by atoms with van der Waals surface area (Å²) < 4.78 is 40.6. The molecule has 2 atom stereocenters. The van der Waals surface area contributed by atoms with Gasteiger partial charge in [0.25, 0.3) is 5.91 Å². The normalized spacial score (nSPS) is 20.6. The van der Waals surface area contributed by atoms with E-state index in [1.807, 2.05) is 0 Å². The van der Waals surface area contributed by atoms with Gasteiger partial charge in [0.1, 0.15) is 28.8 Å². The number of halogens is 2. The highest BCUT2D eigenvalue weighted by Crippen LogP contribution is 2.35. The minimum atomic E-state index is -0.704. The van der Waals surface area contributed by atoms with Gasteiger partial charge in [0.15, 0.2) is 0 Å². The molecule has 0 bridgehead atoms. The van der Waals surface area contributed by atoms with E-state index >= 15 is 0 Å². The Hall–Kier alpha value is -3.07. The number of nitrogens with zero attached hydrogens (tertiary/aromatic N) is 4. The van der Waals surface area contributed by atoms with Crippen molar-refractivity contribution < 1.29 is 22.7 Å². The molecule has 1 fully saturated rings. The molecule has 0 saturated carbocycles. The van der Waals surface area contributed by atoms with Crippen molar-refractivity contribution in [2.45, 2.75) is 32.6 Å². The number of carbonyl (C=O) groups is 1. The van der Waals surface area contributed by atoms with Gasteiger partial charge in [-0.15, -0.1) is 5.10 Å². The second kappa shape index (κ2) is 6.48. The largest absolute Gasteiger partial charge is 0.466 e. The van der Waals surface area contributed by atoms with Gasteiger partial charge in [0.05, 0.1) is 30.0 Å². The zero-order chi connectivity index (χ0) is 20.3. The summed E-state index contributed by atoms with van der Waals surface area (Å²) in [5.74, 6) is -0.214. The van der Waals surface area contributed by atoms with Gasteiger partial charge in [0.2, 0.25) is 0 Å². The lowest BCUT2D eigenvalue weighted by Gasteiger charge is -2.26. The van der Waals surface area contributed by atoms with E-state index in [4.69, 9.17) is 9.15 Å². The predicted octanol–water partition coefficient (Wildman–Crippen LogP) is 3.03. The smallest absolute Gasteiger partial charge is 0.257 e. The molecule has 1 amide bonds. The molecule has 0 N–H and O–H groups in total. The lowest BCUT2D eigenvalue weighted by molar-refractivity contribution is -0.00463. The van der Waals surface area contributed by atoms with Crippen LogP contribution in [0.1, 0.15) is 33.6 Å². The summed E-state index contributed by atoms with van der Waals surface area (Å²) in [6, 6.07) is 4.86. The van der Waals surface area contributed by atoms with Crippen LogP contribution >= 0.6 is 0 Å². The third-order valence-electron chi connectivity index (χ3n) is 5.52. The first-order valence-corrected chi connectivity index (χ1v) is 9.29. The number of carbonyl (C=O) groups excluding carboxylic acids is 1. The third-order valence-corrected chi connectivity index (χ3v) is 5.52. The van der Waals surface area contributed by atoms with E-state index in [9.17, 15) is 13.6 Å². The molecule has 0 radical (unpaired) electrons. The lowest BCUT2D eigenvalue weighted by atomic mass is 10.1. The van der Waals surface area contributed by atoms with Crippen LogP contribution in [0.2, 0.25) is 0 Å². The first-order valence-electron chi connectivity index (χ1n) is 9.29. The van der Waals surface area contributed by atoms with Crippen molar-refractivity contribution >= 4 is 5.91 Å². The van der Waals surface area contributed by atoms with Gasteiger partial charge < -0.3 is 14.1 Å². The van der Waals surface area contributed by atoms with Gasteiger partial charge in [-0.05, 0) is 32.0 Å². The molecule has 2 aliphatic rings. The highest BCUT2D eigenvalue weighted by atomic mass is 19.1. The summed E-state index contributed by atoms with van der Waals surface area (Å²) in [5.41, 5.74) is 1.65. The Morgan fingerprint density at radius 3 is 2.76 bits per heavy atom. The highest BCUT2D eigenvalue weighted by Gasteiger charge is 2.43. The molecule has 1 saturated heterocycles. The van der Waals surface area contributed by atoms with Crippen molar-refractivity contribution in [3.05, 3.63) is 58.7 Å². The summed E-state index contributed by atoms with van der Waals surface area (Å²) in [6.07, 6.45) is -0.229. The SMILES string of the molecule is Cc1cc(C(=O)N2CC3OCc4c(-c5ccc(F)cc5F)nnn4C3C2)c(C)o1. The van der Waals surface area contributed by atoms with Crippen LogP contribution in [0, 0.1) is 25.5 Å². The average Bonchev–Trinajstić information content (AvgIpc) is 3.37. The molecule has 7 nitrogen and oxygen atoms in total. The van der Waals surface area contributed by atoms with Crippen LogP contribution in [0.25, 0.3) is 11.3 Å². The molecule has 150 valence electrons. The Labute approximate surface area is 164 Å². The van der Waals surface area contributed by atoms with Gasteiger partial charge in [-0.25, -0.2) is 13.5 Å². The van der Waals surface area contributed by atoms with Crippen LogP contribution in [0.3, 0.4) is 0 Å². The van der Waals surface area contributed by atoms with E-state index in [0.29, 0.717) is 41.6 Å². The van der Waals surface area contributed by atoms with Crippen LogP contribution in [0.15, 0.2) is 28.7 Å². The molecule has 0 aliphatic carbocycles. The summed E-state index contributed by atoms with van der Waals surface area (Å²) in [6.45, 7) is 4.57. The molecule has 2 aromatic heterocycles. The molecule has 9 heteroatoms.